The van der Waals surface area contributed by atoms with Crippen molar-refractivity contribution < 1.29 is 17.6 Å². The maximum Gasteiger partial charge on any atom is 0.246 e. The zero-order chi connectivity index (χ0) is 19.0. The van der Waals surface area contributed by atoms with Crippen LogP contribution in [0.3, 0.4) is 0 Å². The molecule has 1 aromatic heterocycles. The molecule has 0 spiro atoms. The lowest BCUT2D eigenvalue weighted by Gasteiger charge is -2.31. The van der Waals surface area contributed by atoms with Gasteiger partial charge in [0.05, 0.1) is 11.5 Å². The number of benzene rings is 1. The van der Waals surface area contributed by atoms with E-state index in [1.165, 1.54) is 9.87 Å². The van der Waals surface area contributed by atoms with Gasteiger partial charge in [0.15, 0.2) is 0 Å². The van der Waals surface area contributed by atoms with Gasteiger partial charge in [-0.05, 0) is 30.0 Å². The smallest absolute Gasteiger partial charge is 0.246 e. The standard InChI is InChI=1S/C19H23N3O4S/c1-13(2)18-20-21-19(26-18)17-12-22(9-10-25-17)27(23,24)16-8-7-14-5-3-4-6-15(14)11-16/h3-6,11,13,17H,7-10,12H2,1-2H3. The van der Waals surface area contributed by atoms with Crippen molar-refractivity contribution in [1.29, 1.82) is 0 Å². The van der Waals surface area contributed by atoms with E-state index in [0.717, 1.165) is 12.0 Å². The molecule has 27 heavy (non-hydrogen) atoms. The monoisotopic (exact) mass is 389 g/mol. The molecule has 0 bridgehead atoms. The van der Waals surface area contributed by atoms with Gasteiger partial charge in [0.25, 0.3) is 0 Å². The van der Waals surface area contributed by atoms with Gasteiger partial charge in [-0.25, -0.2) is 8.42 Å². The molecular weight excluding hydrogens is 366 g/mol. The minimum Gasteiger partial charge on any atom is -0.422 e. The second-order valence-corrected chi connectivity index (χ2v) is 9.16. The van der Waals surface area contributed by atoms with Crippen LogP contribution in [0.25, 0.3) is 6.08 Å². The van der Waals surface area contributed by atoms with E-state index < -0.39 is 16.1 Å². The lowest BCUT2D eigenvalue weighted by atomic mass is 9.98. The topological polar surface area (TPSA) is 85.5 Å². The van der Waals surface area contributed by atoms with E-state index in [9.17, 15) is 8.42 Å². The summed E-state index contributed by atoms with van der Waals surface area (Å²) in [7, 11) is -3.55. The molecule has 1 aliphatic carbocycles. The van der Waals surface area contributed by atoms with Crippen molar-refractivity contribution >= 4 is 16.1 Å². The fourth-order valence-corrected chi connectivity index (χ4v) is 4.99. The van der Waals surface area contributed by atoms with Gasteiger partial charge in [-0.3, -0.25) is 0 Å². The summed E-state index contributed by atoms with van der Waals surface area (Å²) >= 11 is 0. The molecule has 2 aliphatic rings. The van der Waals surface area contributed by atoms with Gasteiger partial charge in [0.2, 0.25) is 21.8 Å². The summed E-state index contributed by atoms with van der Waals surface area (Å²) in [4.78, 5) is 0.454. The highest BCUT2D eigenvalue weighted by atomic mass is 32.2. The Morgan fingerprint density at radius 3 is 2.78 bits per heavy atom. The Labute approximate surface area is 159 Å². The highest BCUT2D eigenvalue weighted by Gasteiger charge is 2.35. The van der Waals surface area contributed by atoms with Crippen LogP contribution in [0.15, 0.2) is 33.6 Å². The van der Waals surface area contributed by atoms with Crippen LogP contribution in [0.5, 0.6) is 0 Å². The van der Waals surface area contributed by atoms with Crippen molar-refractivity contribution in [1.82, 2.24) is 14.5 Å². The Morgan fingerprint density at radius 1 is 1.19 bits per heavy atom. The SMILES string of the molecule is CC(C)c1nnc(C2CN(S(=O)(=O)C3=Cc4ccccc4CC3)CCO2)o1. The van der Waals surface area contributed by atoms with E-state index in [2.05, 4.69) is 10.2 Å². The first-order valence-corrected chi connectivity index (χ1v) is 10.6. The van der Waals surface area contributed by atoms with Gasteiger partial charge in [0, 0.05) is 19.0 Å². The molecule has 1 aromatic carbocycles. The summed E-state index contributed by atoms with van der Waals surface area (Å²) in [5, 5.41) is 8.06. The van der Waals surface area contributed by atoms with E-state index in [1.54, 1.807) is 6.08 Å². The van der Waals surface area contributed by atoms with E-state index in [1.807, 2.05) is 38.1 Å². The van der Waals surface area contributed by atoms with Gasteiger partial charge in [-0.1, -0.05) is 38.1 Å². The third-order valence-electron chi connectivity index (χ3n) is 4.94. The van der Waals surface area contributed by atoms with Gasteiger partial charge >= 0.3 is 0 Å². The minimum absolute atomic E-state index is 0.113. The van der Waals surface area contributed by atoms with Gasteiger partial charge < -0.3 is 9.15 Å². The van der Waals surface area contributed by atoms with Crippen LogP contribution in [-0.4, -0.2) is 42.6 Å². The minimum atomic E-state index is -3.55. The van der Waals surface area contributed by atoms with Gasteiger partial charge in [0.1, 0.15) is 6.10 Å². The molecule has 0 N–H and O–H groups in total. The second kappa shape index (κ2) is 7.18. The summed E-state index contributed by atoms with van der Waals surface area (Å²) in [6.45, 7) is 4.73. The average molecular weight is 389 g/mol. The van der Waals surface area contributed by atoms with Crippen molar-refractivity contribution in [2.75, 3.05) is 19.7 Å². The summed E-state index contributed by atoms with van der Waals surface area (Å²) in [6.07, 6.45) is 2.50. The number of fused-ring (bicyclic) bond motifs is 1. The highest BCUT2D eigenvalue weighted by Crippen LogP contribution is 2.31. The quantitative estimate of drug-likeness (QED) is 0.799. The number of ether oxygens (including phenoxy) is 1. The van der Waals surface area contributed by atoms with E-state index in [4.69, 9.17) is 9.15 Å². The third kappa shape index (κ3) is 3.56. The van der Waals surface area contributed by atoms with Crippen molar-refractivity contribution in [2.45, 2.75) is 38.7 Å². The first kappa shape index (κ1) is 18.3. The Morgan fingerprint density at radius 2 is 2.00 bits per heavy atom. The van der Waals surface area contributed by atoms with E-state index in [-0.39, 0.29) is 12.5 Å². The maximum atomic E-state index is 13.2. The number of aromatic nitrogens is 2. The highest BCUT2D eigenvalue weighted by molar-refractivity contribution is 7.93. The number of rotatable bonds is 4. The number of hydrogen-bond donors (Lipinski definition) is 0. The van der Waals surface area contributed by atoms with Gasteiger partial charge in [-0.15, -0.1) is 10.2 Å². The lowest BCUT2D eigenvalue weighted by Crippen LogP contribution is -2.43. The van der Waals surface area contributed by atoms with Crippen LogP contribution < -0.4 is 0 Å². The maximum absolute atomic E-state index is 13.2. The van der Waals surface area contributed by atoms with Crippen LogP contribution in [0, 0.1) is 0 Å². The fourth-order valence-electron chi connectivity index (χ4n) is 3.38. The fraction of sp³-hybridized carbons (Fsp3) is 0.474. The molecule has 2 aromatic rings. The number of morpholine rings is 1. The Hall–Kier alpha value is -2.03. The lowest BCUT2D eigenvalue weighted by molar-refractivity contribution is -0.0176. The Balaban J connectivity index is 1.56. The molecule has 2 heterocycles. The molecule has 7 nitrogen and oxygen atoms in total. The molecule has 1 saturated heterocycles. The molecule has 4 rings (SSSR count). The van der Waals surface area contributed by atoms with Crippen LogP contribution in [0.4, 0.5) is 0 Å². The zero-order valence-corrected chi connectivity index (χ0v) is 16.3. The van der Waals surface area contributed by atoms with Crippen molar-refractivity contribution in [2.24, 2.45) is 0 Å². The molecule has 1 aliphatic heterocycles. The normalized spacial score (nSPS) is 21.1. The van der Waals surface area contributed by atoms with Crippen LogP contribution in [0.1, 0.15) is 55.2 Å². The van der Waals surface area contributed by atoms with Gasteiger partial charge in [-0.2, -0.15) is 4.31 Å². The number of allylic oxidation sites excluding steroid dienone is 1. The molecule has 8 heteroatoms. The number of nitrogens with zero attached hydrogens (tertiary/aromatic N) is 3. The van der Waals surface area contributed by atoms with Crippen molar-refractivity contribution in [3.8, 4) is 0 Å². The zero-order valence-electron chi connectivity index (χ0n) is 15.5. The third-order valence-corrected chi connectivity index (χ3v) is 6.93. The molecule has 1 unspecified atom stereocenters. The summed E-state index contributed by atoms with van der Waals surface area (Å²) in [5.41, 5.74) is 2.16. The predicted molar refractivity (Wildman–Crippen MR) is 100 cm³/mol. The Bertz CT molecular complexity index is 965. The van der Waals surface area contributed by atoms with Crippen molar-refractivity contribution in [3.05, 3.63) is 52.1 Å². The van der Waals surface area contributed by atoms with Crippen LogP contribution >= 0.6 is 0 Å². The second-order valence-electron chi connectivity index (χ2n) is 7.17. The molecule has 144 valence electrons. The summed E-state index contributed by atoms with van der Waals surface area (Å²) in [5.74, 6) is 0.976. The summed E-state index contributed by atoms with van der Waals surface area (Å²) < 4.78 is 39.2. The Kier molecular flexibility index (Phi) is 4.88. The predicted octanol–water partition coefficient (Wildman–Crippen LogP) is 2.88. The first-order chi connectivity index (χ1) is 12.9. The molecule has 0 saturated carbocycles. The van der Waals surface area contributed by atoms with E-state index in [0.29, 0.717) is 36.3 Å². The molecule has 1 fully saturated rings. The number of aryl methyl sites for hydroxylation is 1. The molecule has 0 amide bonds. The van der Waals surface area contributed by atoms with Crippen molar-refractivity contribution in [3.63, 3.8) is 0 Å². The molecule has 0 radical (unpaired) electrons. The number of sulfonamides is 1. The first-order valence-electron chi connectivity index (χ1n) is 9.18. The molecular formula is C19H23N3O4S. The van der Waals surface area contributed by atoms with Crippen LogP contribution in [0.2, 0.25) is 0 Å². The summed E-state index contributed by atoms with van der Waals surface area (Å²) in [6, 6.07) is 7.91. The average Bonchev–Trinajstić information content (AvgIpc) is 3.18. The van der Waals surface area contributed by atoms with Crippen LogP contribution in [-0.2, 0) is 21.2 Å². The largest absolute Gasteiger partial charge is 0.422 e. The molecule has 1 atom stereocenters. The van der Waals surface area contributed by atoms with E-state index >= 15 is 0 Å². The number of hydrogen-bond acceptors (Lipinski definition) is 6.